The first-order valence-electron chi connectivity index (χ1n) is 7.81. The standard InChI is InChI=1S/C19H21NO4/c1-4-23-17-8-6-5-7-16(17)19(22)24-14(3)18(21)20-15-11-9-13(2)10-12-15/h5-12,14H,4H2,1-3H3,(H,20,21). The van der Waals surface area contributed by atoms with Crippen LogP contribution in [0, 0.1) is 6.92 Å². The van der Waals surface area contributed by atoms with Crippen molar-refractivity contribution >= 4 is 17.6 Å². The number of ether oxygens (including phenoxy) is 2. The second-order valence-corrected chi connectivity index (χ2v) is 5.33. The maximum absolute atomic E-state index is 12.3. The molecule has 5 heteroatoms. The third-order valence-corrected chi connectivity index (χ3v) is 3.38. The zero-order valence-corrected chi connectivity index (χ0v) is 14.0. The van der Waals surface area contributed by atoms with E-state index in [1.807, 2.05) is 26.0 Å². The van der Waals surface area contributed by atoms with E-state index in [4.69, 9.17) is 9.47 Å². The van der Waals surface area contributed by atoms with Crippen molar-refractivity contribution in [3.8, 4) is 5.75 Å². The predicted octanol–water partition coefficient (Wildman–Crippen LogP) is 3.58. The highest BCUT2D eigenvalue weighted by Crippen LogP contribution is 2.19. The average Bonchev–Trinajstić information content (AvgIpc) is 2.57. The van der Waals surface area contributed by atoms with Gasteiger partial charge in [-0.2, -0.15) is 0 Å². The lowest BCUT2D eigenvalue weighted by Crippen LogP contribution is -2.30. The molecular formula is C19H21NO4. The minimum atomic E-state index is -0.923. The van der Waals surface area contributed by atoms with Crippen molar-refractivity contribution in [2.45, 2.75) is 26.9 Å². The molecule has 1 atom stereocenters. The van der Waals surface area contributed by atoms with Crippen LogP contribution in [-0.4, -0.2) is 24.6 Å². The lowest BCUT2D eigenvalue weighted by Gasteiger charge is -2.15. The lowest BCUT2D eigenvalue weighted by molar-refractivity contribution is -0.123. The van der Waals surface area contributed by atoms with Gasteiger partial charge in [0.05, 0.1) is 6.61 Å². The van der Waals surface area contributed by atoms with E-state index in [1.165, 1.54) is 6.92 Å². The van der Waals surface area contributed by atoms with E-state index in [1.54, 1.807) is 36.4 Å². The molecule has 0 saturated carbocycles. The van der Waals surface area contributed by atoms with Gasteiger partial charge >= 0.3 is 5.97 Å². The van der Waals surface area contributed by atoms with Crippen molar-refractivity contribution in [3.05, 3.63) is 59.7 Å². The normalized spacial score (nSPS) is 11.5. The summed E-state index contributed by atoms with van der Waals surface area (Å²) in [5.74, 6) is -0.539. The number of rotatable bonds is 6. The Hall–Kier alpha value is -2.82. The van der Waals surface area contributed by atoms with E-state index in [2.05, 4.69) is 5.32 Å². The molecule has 0 aromatic heterocycles. The fourth-order valence-corrected chi connectivity index (χ4v) is 2.07. The van der Waals surface area contributed by atoms with Crippen molar-refractivity contribution in [3.63, 3.8) is 0 Å². The summed E-state index contributed by atoms with van der Waals surface area (Å²) >= 11 is 0. The number of para-hydroxylation sites is 1. The molecule has 0 radical (unpaired) electrons. The Labute approximate surface area is 141 Å². The number of carbonyl (C=O) groups is 2. The predicted molar refractivity (Wildman–Crippen MR) is 92.3 cm³/mol. The molecule has 0 bridgehead atoms. The summed E-state index contributed by atoms with van der Waals surface area (Å²) in [6, 6.07) is 14.2. The number of carbonyl (C=O) groups excluding carboxylic acids is 2. The molecule has 1 unspecified atom stereocenters. The molecule has 5 nitrogen and oxygen atoms in total. The lowest BCUT2D eigenvalue weighted by atomic mass is 10.2. The number of anilines is 1. The minimum Gasteiger partial charge on any atom is -0.493 e. The molecule has 0 aliphatic rings. The fourth-order valence-electron chi connectivity index (χ4n) is 2.07. The van der Waals surface area contributed by atoms with Crippen LogP contribution in [0.15, 0.2) is 48.5 Å². The third kappa shape index (κ3) is 4.59. The van der Waals surface area contributed by atoms with Crippen LogP contribution in [-0.2, 0) is 9.53 Å². The van der Waals surface area contributed by atoms with E-state index < -0.39 is 12.1 Å². The van der Waals surface area contributed by atoms with E-state index in [-0.39, 0.29) is 5.91 Å². The first-order valence-corrected chi connectivity index (χ1v) is 7.81. The smallest absolute Gasteiger partial charge is 0.342 e. The van der Waals surface area contributed by atoms with E-state index in [0.29, 0.717) is 23.6 Å². The Morgan fingerprint density at radius 3 is 2.42 bits per heavy atom. The number of esters is 1. The molecule has 126 valence electrons. The van der Waals surface area contributed by atoms with Crippen LogP contribution in [0.5, 0.6) is 5.75 Å². The molecule has 0 spiro atoms. The fraction of sp³-hybridized carbons (Fsp3) is 0.263. The zero-order chi connectivity index (χ0) is 17.5. The molecule has 2 aromatic rings. The van der Waals surface area contributed by atoms with Gasteiger partial charge in [0.1, 0.15) is 11.3 Å². The van der Waals surface area contributed by atoms with Crippen molar-refractivity contribution in [2.75, 3.05) is 11.9 Å². The van der Waals surface area contributed by atoms with Crippen LogP contribution in [0.3, 0.4) is 0 Å². The number of aryl methyl sites for hydroxylation is 1. The molecule has 0 fully saturated rings. The highest BCUT2D eigenvalue weighted by atomic mass is 16.5. The van der Waals surface area contributed by atoms with Gasteiger partial charge in [0.25, 0.3) is 5.91 Å². The number of nitrogens with one attached hydrogen (secondary N) is 1. The van der Waals surface area contributed by atoms with Crippen LogP contribution >= 0.6 is 0 Å². The summed E-state index contributed by atoms with van der Waals surface area (Å²) in [7, 11) is 0. The molecule has 2 aromatic carbocycles. The summed E-state index contributed by atoms with van der Waals surface area (Å²) in [6.07, 6.45) is -0.923. The second-order valence-electron chi connectivity index (χ2n) is 5.33. The summed E-state index contributed by atoms with van der Waals surface area (Å²) in [6.45, 7) is 5.77. The highest BCUT2D eigenvalue weighted by Gasteiger charge is 2.21. The number of benzene rings is 2. The van der Waals surface area contributed by atoms with Crippen LogP contribution in [0.4, 0.5) is 5.69 Å². The zero-order valence-electron chi connectivity index (χ0n) is 14.0. The van der Waals surface area contributed by atoms with Gasteiger partial charge in [-0.25, -0.2) is 4.79 Å². The van der Waals surface area contributed by atoms with Gasteiger partial charge in [-0.1, -0.05) is 29.8 Å². The van der Waals surface area contributed by atoms with E-state index in [9.17, 15) is 9.59 Å². The van der Waals surface area contributed by atoms with Gasteiger partial charge in [-0.15, -0.1) is 0 Å². The maximum Gasteiger partial charge on any atom is 0.342 e. The molecule has 0 aliphatic heterocycles. The number of hydrogen-bond acceptors (Lipinski definition) is 4. The average molecular weight is 327 g/mol. The summed E-state index contributed by atoms with van der Waals surface area (Å²) in [5.41, 5.74) is 2.05. The first kappa shape index (κ1) is 17.5. The molecule has 1 N–H and O–H groups in total. The quantitative estimate of drug-likeness (QED) is 0.824. The van der Waals surface area contributed by atoms with Crippen molar-refractivity contribution in [2.24, 2.45) is 0 Å². The van der Waals surface area contributed by atoms with Crippen LogP contribution in [0.2, 0.25) is 0 Å². The Morgan fingerprint density at radius 2 is 1.75 bits per heavy atom. The van der Waals surface area contributed by atoms with E-state index >= 15 is 0 Å². The van der Waals surface area contributed by atoms with Gasteiger partial charge in [-0.05, 0) is 45.0 Å². The molecule has 0 saturated heterocycles. The van der Waals surface area contributed by atoms with E-state index in [0.717, 1.165) is 5.56 Å². The van der Waals surface area contributed by atoms with Gasteiger partial charge < -0.3 is 14.8 Å². The van der Waals surface area contributed by atoms with Crippen LogP contribution in [0.1, 0.15) is 29.8 Å². The Bertz CT molecular complexity index is 710. The van der Waals surface area contributed by atoms with Gasteiger partial charge in [0, 0.05) is 5.69 Å². The molecular weight excluding hydrogens is 306 g/mol. The SMILES string of the molecule is CCOc1ccccc1C(=O)OC(C)C(=O)Nc1ccc(C)cc1. The number of hydrogen-bond donors (Lipinski definition) is 1. The molecule has 2 rings (SSSR count). The maximum atomic E-state index is 12.3. The Morgan fingerprint density at radius 1 is 1.08 bits per heavy atom. The van der Waals surface area contributed by atoms with Crippen molar-refractivity contribution < 1.29 is 19.1 Å². The molecule has 24 heavy (non-hydrogen) atoms. The molecule has 0 heterocycles. The molecule has 1 amide bonds. The highest BCUT2D eigenvalue weighted by molar-refractivity contribution is 5.98. The number of amides is 1. The van der Waals surface area contributed by atoms with Gasteiger partial charge in [-0.3, -0.25) is 4.79 Å². The summed E-state index contributed by atoms with van der Waals surface area (Å²) in [4.78, 5) is 24.4. The van der Waals surface area contributed by atoms with Crippen molar-refractivity contribution in [1.29, 1.82) is 0 Å². The van der Waals surface area contributed by atoms with Crippen LogP contribution < -0.4 is 10.1 Å². The summed E-state index contributed by atoms with van der Waals surface area (Å²) < 4.78 is 10.7. The second kappa shape index (κ2) is 8.15. The third-order valence-electron chi connectivity index (χ3n) is 3.38. The van der Waals surface area contributed by atoms with Gasteiger partial charge in [0.15, 0.2) is 6.10 Å². The minimum absolute atomic E-state index is 0.300. The monoisotopic (exact) mass is 327 g/mol. The first-order chi connectivity index (χ1) is 11.5. The topological polar surface area (TPSA) is 64.6 Å². The summed E-state index contributed by atoms with van der Waals surface area (Å²) in [5, 5.41) is 2.72. The molecule has 0 aliphatic carbocycles. The van der Waals surface area contributed by atoms with Crippen molar-refractivity contribution in [1.82, 2.24) is 0 Å². The largest absolute Gasteiger partial charge is 0.493 e. The Balaban J connectivity index is 2.00. The van der Waals surface area contributed by atoms with Crippen LogP contribution in [0.25, 0.3) is 0 Å². The van der Waals surface area contributed by atoms with Gasteiger partial charge in [0.2, 0.25) is 0 Å². The Kier molecular flexibility index (Phi) is 5.95.